The van der Waals surface area contributed by atoms with Gasteiger partial charge in [0.1, 0.15) is 19.0 Å². The number of carbonyl (C=O) groups excluding carboxylic acids is 1. The molecule has 7 heteroatoms. The number of hydrogen-bond donors (Lipinski definition) is 2. The van der Waals surface area contributed by atoms with Crippen LogP contribution >= 0.6 is 15.9 Å². The topological polar surface area (TPSA) is 59.6 Å². The van der Waals surface area contributed by atoms with Crippen molar-refractivity contribution in [1.29, 1.82) is 0 Å². The predicted octanol–water partition coefficient (Wildman–Crippen LogP) is 3.40. The number of benzene rings is 2. The molecule has 0 aromatic heterocycles. The van der Waals surface area contributed by atoms with Gasteiger partial charge in [-0.2, -0.15) is 0 Å². The smallest absolute Gasteiger partial charge is 0.315 e. The highest BCUT2D eigenvalue weighted by molar-refractivity contribution is 9.10. The van der Waals surface area contributed by atoms with Crippen LogP contribution in [0.4, 0.5) is 9.18 Å². The predicted molar refractivity (Wildman–Crippen MR) is 95.5 cm³/mol. The van der Waals surface area contributed by atoms with Crippen LogP contribution in [0.1, 0.15) is 11.1 Å². The van der Waals surface area contributed by atoms with E-state index in [1.807, 2.05) is 18.2 Å². The molecule has 0 saturated heterocycles. The van der Waals surface area contributed by atoms with Crippen LogP contribution < -0.4 is 20.1 Å². The minimum Gasteiger partial charge on any atom is -0.486 e. The summed E-state index contributed by atoms with van der Waals surface area (Å²) in [5.41, 5.74) is 1.47. The second-order valence-corrected chi connectivity index (χ2v) is 6.49. The van der Waals surface area contributed by atoms with Crippen LogP contribution in [-0.2, 0) is 13.0 Å². The van der Waals surface area contributed by atoms with Crippen molar-refractivity contribution in [1.82, 2.24) is 10.6 Å². The minimum absolute atomic E-state index is 0.276. The van der Waals surface area contributed by atoms with Gasteiger partial charge >= 0.3 is 6.03 Å². The van der Waals surface area contributed by atoms with Gasteiger partial charge in [0.15, 0.2) is 11.5 Å². The number of nitrogens with one attached hydrogen (secondary N) is 2. The first-order valence-corrected chi connectivity index (χ1v) is 8.75. The highest BCUT2D eigenvalue weighted by Gasteiger charge is 2.12. The average Bonchev–Trinajstić information content (AvgIpc) is 2.62. The third-order valence-corrected chi connectivity index (χ3v) is 4.24. The van der Waals surface area contributed by atoms with Gasteiger partial charge in [-0.15, -0.1) is 0 Å². The summed E-state index contributed by atoms with van der Waals surface area (Å²) < 4.78 is 25.4. The Morgan fingerprint density at radius 2 is 1.88 bits per heavy atom. The molecule has 25 heavy (non-hydrogen) atoms. The number of amides is 2. The Morgan fingerprint density at radius 1 is 1.08 bits per heavy atom. The van der Waals surface area contributed by atoms with Crippen LogP contribution in [0.2, 0.25) is 0 Å². The monoisotopic (exact) mass is 408 g/mol. The normalized spacial score (nSPS) is 12.6. The lowest BCUT2D eigenvalue weighted by atomic mass is 10.1. The maximum Gasteiger partial charge on any atom is 0.315 e. The summed E-state index contributed by atoms with van der Waals surface area (Å²) in [4.78, 5) is 11.9. The van der Waals surface area contributed by atoms with Crippen molar-refractivity contribution in [2.24, 2.45) is 0 Å². The molecule has 0 bridgehead atoms. The van der Waals surface area contributed by atoms with Gasteiger partial charge in [0.05, 0.1) is 0 Å². The SMILES string of the molecule is O=C(NCCc1cc(Br)ccc1F)NCc1ccc2c(c1)OCCO2. The number of carbonyl (C=O) groups is 1. The van der Waals surface area contributed by atoms with Crippen molar-refractivity contribution in [2.75, 3.05) is 19.8 Å². The number of fused-ring (bicyclic) bond motifs is 1. The molecule has 1 aliphatic heterocycles. The van der Waals surface area contributed by atoms with E-state index < -0.39 is 0 Å². The van der Waals surface area contributed by atoms with E-state index in [-0.39, 0.29) is 11.8 Å². The molecule has 0 saturated carbocycles. The lowest BCUT2D eigenvalue weighted by Crippen LogP contribution is -2.36. The number of rotatable bonds is 5. The summed E-state index contributed by atoms with van der Waals surface area (Å²) in [6.45, 7) is 1.79. The molecule has 0 atom stereocenters. The quantitative estimate of drug-likeness (QED) is 0.796. The zero-order chi connectivity index (χ0) is 17.6. The molecule has 0 fully saturated rings. The molecule has 1 heterocycles. The lowest BCUT2D eigenvalue weighted by molar-refractivity contribution is 0.171. The lowest BCUT2D eigenvalue weighted by Gasteiger charge is -2.19. The zero-order valence-electron chi connectivity index (χ0n) is 13.5. The van der Waals surface area contributed by atoms with Crippen molar-refractivity contribution >= 4 is 22.0 Å². The minimum atomic E-state index is -0.301. The average molecular weight is 409 g/mol. The summed E-state index contributed by atoms with van der Waals surface area (Å²) in [5.74, 6) is 1.13. The fourth-order valence-electron chi connectivity index (χ4n) is 2.49. The number of ether oxygens (including phenoxy) is 2. The first kappa shape index (κ1) is 17.5. The molecule has 2 aromatic rings. The Balaban J connectivity index is 1.44. The van der Waals surface area contributed by atoms with E-state index in [1.54, 1.807) is 12.1 Å². The third kappa shape index (κ3) is 4.85. The van der Waals surface area contributed by atoms with Crippen LogP contribution in [0.5, 0.6) is 11.5 Å². The molecule has 2 aromatic carbocycles. The molecule has 3 rings (SSSR count). The Bertz CT molecular complexity index is 770. The van der Waals surface area contributed by atoms with Gasteiger partial charge in [-0.1, -0.05) is 22.0 Å². The second-order valence-electron chi connectivity index (χ2n) is 5.57. The summed E-state index contributed by atoms with van der Waals surface area (Å²) in [6, 6.07) is 10.0. The van der Waals surface area contributed by atoms with Crippen LogP contribution in [0.3, 0.4) is 0 Å². The molecule has 0 aliphatic carbocycles. The molecule has 2 N–H and O–H groups in total. The highest BCUT2D eigenvalue weighted by atomic mass is 79.9. The molecule has 0 spiro atoms. The van der Waals surface area contributed by atoms with Gasteiger partial charge in [0, 0.05) is 17.6 Å². The third-order valence-electron chi connectivity index (χ3n) is 3.75. The van der Waals surface area contributed by atoms with Crippen LogP contribution in [0, 0.1) is 5.82 Å². The number of hydrogen-bond acceptors (Lipinski definition) is 3. The van der Waals surface area contributed by atoms with Gasteiger partial charge in [-0.25, -0.2) is 9.18 Å². The van der Waals surface area contributed by atoms with Crippen LogP contribution in [0.15, 0.2) is 40.9 Å². The molecule has 5 nitrogen and oxygen atoms in total. The first-order valence-electron chi connectivity index (χ1n) is 7.96. The Morgan fingerprint density at radius 3 is 2.72 bits per heavy atom. The molecular weight excluding hydrogens is 391 g/mol. The van der Waals surface area contributed by atoms with E-state index in [1.165, 1.54) is 6.07 Å². The van der Waals surface area contributed by atoms with Crippen molar-refractivity contribution in [3.63, 3.8) is 0 Å². The van der Waals surface area contributed by atoms with E-state index in [9.17, 15) is 9.18 Å². The van der Waals surface area contributed by atoms with Gasteiger partial charge in [-0.05, 0) is 47.9 Å². The molecule has 0 radical (unpaired) electrons. The summed E-state index contributed by atoms with van der Waals surface area (Å²) >= 11 is 3.31. The second kappa shape index (κ2) is 8.20. The van der Waals surface area contributed by atoms with Gasteiger partial charge < -0.3 is 20.1 Å². The Labute approximate surface area is 153 Å². The highest BCUT2D eigenvalue weighted by Crippen LogP contribution is 2.30. The Kier molecular flexibility index (Phi) is 5.75. The van der Waals surface area contributed by atoms with Gasteiger partial charge in [-0.3, -0.25) is 0 Å². The number of urea groups is 1. The van der Waals surface area contributed by atoms with Crippen LogP contribution in [-0.4, -0.2) is 25.8 Å². The summed E-state index contributed by atoms with van der Waals surface area (Å²) in [7, 11) is 0. The van der Waals surface area contributed by atoms with Gasteiger partial charge in [0.2, 0.25) is 0 Å². The van der Waals surface area contributed by atoms with Crippen molar-refractivity contribution in [3.8, 4) is 11.5 Å². The van der Waals surface area contributed by atoms with Gasteiger partial charge in [0.25, 0.3) is 0 Å². The van der Waals surface area contributed by atoms with E-state index in [2.05, 4.69) is 26.6 Å². The molecule has 132 valence electrons. The maximum atomic E-state index is 13.6. The standard InChI is InChI=1S/C18H18BrFN2O3/c19-14-2-3-15(20)13(10-14)5-6-21-18(23)22-11-12-1-4-16-17(9-12)25-8-7-24-16/h1-4,9-10H,5-8,11H2,(H2,21,22,23). The van der Waals surface area contributed by atoms with Crippen molar-refractivity contribution in [2.45, 2.75) is 13.0 Å². The van der Waals surface area contributed by atoms with E-state index >= 15 is 0 Å². The fourth-order valence-corrected chi connectivity index (χ4v) is 2.90. The molecule has 2 amide bonds. The van der Waals surface area contributed by atoms with E-state index in [4.69, 9.17) is 9.47 Å². The Hall–Kier alpha value is -2.28. The largest absolute Gasteiger partial charge is 0.486 e. The van der Waals surface area contributed by atoms with Crippen molar-refractivity contribution in [3.05, 3.63) is 57.8 Å². The first-order chi connectivity index (χ1) is 12.1. The van der Waals surface area contributed by atoms with Crippen molar-refractivity contribution < 1.29 is 18.7 Å². The van der Waals surface area contributed by atoms with E-state index in [0.29, 0.717) is 44.0 Å². The summed E-state index contributed by atoms with van der Waals surface area (Å²) in [5, 5.41) is 5.49. The van der Waals surface area contributed by atoms with E-state index in [0.717, 1.165) is 15.8 Å². The maximum absolute atomic E-state index is 13.6. The summed E-state index contributed by atoms with van der Waals surface area (Å²) in [6.07, 6.45) is 0.419. The fraction of sp³-hybridized carbons (Fsp3) is 0.278. The molecular formula is C18H18BrFN2O3. The van der Waals surface area contributed by atoms with Crippen LogP contribution in [0.25, 0.3) is 0 Å². The molecule has 0 unspecified atom stereocenters. The molecule has 1 aliphatic rings. The number of halogens is 2. The zero-order valence-corrected chi connectivity index (χ0v) is 15.1.